The summed E-state index contributed by atoms with van der Waals surface area (Å²) >= 11 is 14.7. The second-order valence-corrected chi connectivity index (χ2v) is 5.32. The molecule has 1 N–H and O–H groups in total. The van der Waals surface area contributed by atoms with E-state index < -0.39 is 11.7 Å². The number of carbonyl (C=O) groups excluding carboxylic acids is 1. The Balaban J connectivity index is 2.25. The van der Waals surface area contributed by atoms with Crippen molar-refractivity contribution < 1.29 is 9.18 Å². The molecule has 1 amide bonds. The minimum absolute atomic E-state index is 0.211. The third-order valence-corrected chi connectivity index (χ3v) is 3.21. The molecule has 3 nitrogen and oxygen atoms in total. The molecule has 98 valence electrons. The van der Waals surface area contributed by atoms with Crippen LogP contribution >= 0.6 is 39.1 Å². The highest BCUT2D eigenvalue weighted by Crippen LogP contribution is 2.23. The lowest BCUT2D eigenvalue weighted by molar-refractivity contribution is 0.102. The second kappa shape index (κ2) is 5.86. The lowest BCUT2D eigenvalue weighted by atomic mass is 10.2. The van der Waals surface area contributed by atoms with E-state index in [4.69, 9.17) is 23.2 Å². The number of benzene rings is 1. The predicted octanol–water partition coefficient (Wildman–Crippen LogP) is 4.54. The SMILES string of the molecule is O=C(Nc1ncc(F)cc1Br)c1cc(Cl)cc(Cl)c1. The Morgan fingerprint density at radius 2 is 1.84 bits per heavy atom. The first kappa shape index (κ1) is 14.2. The average Bonchev–Trinajstić information content (AvgIpc) is 2.31. The van der Waals surface area contributed by atoms with Crippen LogP contribution < -0.4 is 5.32 Å². The van der Waals surface area contributed by atoms with Gasteiger partial charge in [0.15, 0.2) is 0 Å². The smallest absolute Gasteiger partial charge is 0.256 e. The Morgan fingerprint density at radius 3 is 2.42 bits per heavy atom. The van der Waals surface area contributed by atoms with Crippen LogP contribution in [0.15, 0.2) is 34.9 Å². The summed E-state index contributed by atoms with van der Waals surface area (Å²) in [5.74, 6) is -0.734. The summed E-state index contributed by atoms with van der Waals surface area (Å²) in [5.41, 5.74) is 0.288. The predicted molar refractivity (Wildman–Crippen MR) is 76.3 cm³/mol. The standard InChI is InChI=1S/C12H6BrCl2FN2O/c13-10-4-9(16)5-17-11(10)18-12(19)6-1-7(14)3-8(15)2-6/h1-5H,(H,17,18,19). The first-order valence-electron chi connectivity index (χ1n) is 5.04. The molecule has 0 radical (unpaired) electrons. The molecule has 2 rings (SSSR count). The van der Waals surface area contributed by atoms with E-state index in [0.717, 1.165) is 6.20 Å². The first-order chi connectivity index (χ1) is 8.95. The van der Waals surface area contributed by atoms with Gasteiger partial charge in [-0.1, -0.05) is 23.2 Å². The Hall–Kier alpha value is -1.17. The van der Waals surface area contributed by atoms with Crippen LogP contribution in [0.3, 0.4) is 0 Å². The molecule has 0 aliphatic rings. The number of hydrogen-bond donors (Lipinski definition) is 1. The van der Waals surface area contributed by atoms with Gasteiger partial charge in [0.25, 0.3) is 5.91 Å². The quantitative estimate of drug-likeness (QED) is 0.850. The van der Waals surface area contributed by atoms with Gasteiger partial charge in [0, 0.05) is 15.6 Å². The lowest BCUT2D eigenvalue weighted by Crippen LogP contribution is -2.13. The summed E-state index contributed by atoms with van der Waals surface area (Å²) in [6.45, 7) is 0. The number of hydrogen-bond acceptors (Lipinski definition) is 2. The van der Waals surface area contributed by atoms with Crippen LogP contribution in [0.5, 0.6) is 0 Å². The molecule has 0 saturated heterocycles. The molecule has 0 aliphatic carbocycles. The largest absolute Gasteiger partial charge is 0.306 e. The fourth-order valence-corrected chi connectivity index (χ4v) is 2.32. The maximum absolute atomic E-state index is 12.9. The van der Waals surface area contributed by atoms with E-state index in [1.807, 2.05) is 0 Å². The van der Waals surface area contributed by atoms with Gasteiger partial charge in [0.1, 0.15) is 11.6 Å². The van der Waals surface area contributed by atoms with Gasteiger partial charge in [-0.3, -0.25) is 4.79 Å². The average molecular weight is 364 g/mol. The van der Waals surface area contributed by atoms with E-state index in [0.29, 0.717) is 14.5 Å². The van der Waals surface area contributed by atoms with Gasteiger partial charge in [-0.25, -0.2) is 9.37 Å². The molecular weight excluding hydrogens is 358 g/mol. The van der Waals surface area contributed by atoms with Crippen LogP contribution in [-0.4, -0.2) is 10.9 Å². The number of anilines is 1. The zero-order valence-corrected chi connectivity index (χ0v) is 12.4. The van der Waals surface area contributed by atoms with Crippen molar-refractivity contribution in [2.45, 2.75) is 0 Å². The highest BCUT2D eigenvalue weighted by atomic mass is 79.9. The van der Waals surface area contributed by atoms with Crippen LogP contribution in [0.2, 0.25) is 10.0 Å². The van der Waals surface area contributed by atoms with Crippen LogP contribution in [0.1, 0.15) is 10.4 Å². The van der Waals surface area contributed by atoms with Crippen molar-refractivity contribution in [3.63, 3.8) is 0 Å². The van der Waals surface area contributed by atoms with E-state index in [1.54, 1.807) is 0 Å². The van der Waals surface area contributed by atoms with Gasteiger partial charge >= 0.3 is 0 Å². The maximum Gasteiger partial charge on any atom is 0.256 e. The van der Waals surface area contributed by atoms with Gasteiger partial charge < -0.3 is 5.32 Å². The molecule has 1 aromatic carbocycles. The van der Waals surface area contributed by atoms with Gasteiger partial charge in [0.05, 0.1) is 10.7 Å². The Labute approximate surface area is 126 Å². The summed E-state index contributed by atoms with van der Waals surface area (Å²) in [7, 11) is 0. The Morgan fingerprint density at radius 1 is 1.21 bits per heavy atom. The Kier molecular flexibility index (Phi) is 4.39. The number of carbonyl (C=O) groups is 1. The highest BCUT2D eigenvalue weighted by molar-refractivity contribution is 9.10. The van der Waals surface area contributed by atoms with Gasteiger partial charge in [-0.2, -0.15) is 0 Å². The summed E-state index contributed by atoms with van der Waals surface area (Å²) < 4.78 is 13.2. The number of nitrogens with one attached hydrogen (secondary N) is 1. The lowest BCUT2D eigenvalue weighted by Gasteiger charge is -2.07. The van der Waals surface area contributed by atoms with Crippen molar-refractivity contribution in [1.29, 1.82) is 0 Å². The van der Waals surface area contributed by atoms with Crippen molar-refractivity contribution >= 4 is 50.9 Å². The number of nitrogens with zero attached hydrogens (tertiary/aromatic N) is 1. The van der Waals surface area contributed by atoms with E-state index in [1.165, 1.54) is 24.3 Å². The zero-order chi connectivity index (χ0) is 14.0. The summed E-state index contributed by atoms with van der Waals surface area (Å²) in [5, 5.41) is 3.23. The van der Waals surface area contributed by atoms with Crippen LogP contribution in [0.4, 0.5) is 10.2 Å². The van der Waals surface area contributed by atoms with Crippen LogP contribution in [-0.2, 0) is 0 Å². The molecule has 0 spiro atoms. The number of pyridine rings is 1. The third kappa shape index (κ3) is 3.65. The molecule has 19 heavy (non-hydrogen) atoms. The zero-order valence-electron chi connectivity index (χ0n) is 9.25. The molecule has 1 heterocycles. The first-order valence-corrected chi connectivity index (χ1v) is 6.59. The molecule has 0 atom stereocenters. The normalized spacial score (nSPS) is 10.3. The van der Waals surface area contributed by atoms with Crippen molar-refractivity contribution in [2.24, 2.45) is 0 Å². The van der Waals surface area contributed by atoms with E-state index in [9.17, 15) is 9.18 Å². The minimum Gasteiger partial charge on any atom is -0.306 e. The molecule has 0 unspecified atom stereocenters. The van der Waals surface area contributed by atoms with Crippen molar-refractivity contribution in [2.75, 3.05) is 5.32 Å². The number of halogens is 4. The minimum atomic E-state index is -0.504. The topological polar surface area (TPSA) is 42.0 Å². The molecule has 1 aromatic heterocycles. The van der Waals surface area contributed by atoms with Crippen molar-refractivity contribution in [1.82, 2.24) is 4.98 Å². The molecule has 0 aliphatic heterocycles. The number of rotatable bonds is 2. The van der Waals surface area contributed by atoms with Crippen molar-refractivity contribution in [3.8, 4) is 0 Å². The molecule has 0 saturated carbocycles. The maximum atomic E-state index is 12.9. The Bertz CT molecular complexity index is 631. The summed E-state index contributed by atoms with van der Waals surface area (Å²) in [6.07, 6.45) is 1.01. The fourth-order valence-electron chi connectivity index (χ4n) is 1.37. The monoisotopic (exact) mass is 362 g/mol. The molecule has 7 heteroatoms. The molecule has 2 aromatic rings. The number of amides is 1. The van der Waals surface area contributed by atoms with E-state index >= 15 is 0 Å². The summed E-state index contributed by atoms with van der Waals surface area (Å²) in [4.78, 5) is 15.7. The van der Waals surface area contributed by atoms with Gasteiger partial charge in [-0.15, -0.1) is 0 Å². The summed E-state index contributed by atoms with van der Waals surface area (Å²) in [6, 6.07) is 5.67. The molecule has 0 bridgehead atoms. The van der Waals surface area contributed by atoms with Crippen LogP contribution in [0.25, 0.3) is 0 Å². The van der Waals surface area contributed by atoms with Gasteiger partial charge in [0.2, 0.25) is 0 Å². The van der Waals surface area contributed by atoms with Crippen LogP contribution in [0, 0.1) is 5.82 Å². The second-order valence-electron chi connectivity index (χ2n) is 3.60. The van der Waals surface area contributed by atoms with Gasteiger partial charge in [-0.05, 0) is 40.2 Å². The fraction of sp³-hybridized carbons (Fsp3) is 0. The van der Waals surface area contributed by atoms with Crippen molar-refractivity contribution in [3.05, 3.63) is 56.4 Å². The molecular formula is C12H6BrCl2FN2O. The highest BCUT2D eigenvalue weighted by Gasteiger charge is 2.11. The third-order valence-electron chi connectivity index (χ3n) is 2.16. The van der Waals surface area contributed by atoms with E-state index in [-0.39, 0.29) is 11.4 Å². The number of aromatic nitrogens is 1. The van der Waals surface area contributed by atoms with E-state index in [2.05, 4.69) is 26.2 Å². The molecule has 0 fully saturated rings.